The molecule has 0 atom stereocenters. The van der Waals surface area contributed by atoms with E-state index in [-0.39, 0.29) is 51.7 Å². The van der Waals surface area contributed by atoms with Gasteiger partial charge in [0.15, 0.2) is 0 Å². The van der Waals surface area contributed by atoms with Crippen molar-refractivity contribution in [3.63, 3.8) is 0 Å². The van der Waals surface area contributed by atoms with Crippen LogP contribution in [0.5, 0.6) is 0 Å². The van der Waals surface area contributed by atoms with E-state index in [9.17, 15) is 9.59 Å². The Bertz CT molecular complexity index is 849. The van der Waals surface area contributed by atoms with Crippen molar-refractivity contribution in [1.29, 1.82) is 0 Å². The number of benzene rings is 1. The van der Waals surface area contributed by atoms with Crippen molar-refractivity contribution in [2.45, 2.75) is 25.3 Å². The van der Waals surface area contributed by atoms with E-state index in [1.54, 1.807) is 17.2 Å². The third kappa shape index (κ3) is 8.84. The average molecular weight is 577 g/mol. The fourth-order valence-corrected chi connectivity index (χ4v) is 4.96. The number of nitrogens with zero attached hydrogens (tertiary/aromatic N) is 4. The summed E-state index contributed by atoms with van der Waals surface area (Å²) in [7, 11) is 0. The van der Waals surface area contributed by atoms with E-state index in [0.29, 0.717) is 17.1 Å². The largest absolute Gasteiger partial charge is 0.659 e. The van der Waals surface area contributed by atoms with Crippen LogP contribution in [0.3, 0.4) is 0 Å². The molecule has 3 aliphatic rings. The van der Waals surface area contributed by atoms with E-state index in [4.69, 9.17) is 22.4 Å². The first-order chi connectivity index (χ1) is 16.9. The molecule has 36 heavy (non-hydrogen) atoms. The second-order valence-electron chi connectivity index (χ2n) is 9.51. The number of hydroxylamine groups is 1. The van der Waals surface area contributed by atoms with Gasteiger partial charge in [-0.3, -0.25) is 9.69 Å². The van der Waals surface area contributed by atoms with E-state index in [0.717, 1.165) is 39.1 Å². The molecule has 0 aromatic heterocycles. The maximum absolute atomic E-state index is 11.6. The summed E-state index contributed by atoms with van der Waals surface area (Å²) in [4.78, 5) is 28.1. The second-order valence-corrected chi connectivity index (χ2v) is 9.51. The zero-order valence-electron chi connectivity index (χ0n) is 20.9. The molecule has 3 fully saturated rings. The van der Waals surface area contributed by atoms with Gasteiger partial charge in [-0.2, -0.15) is 0 Å². The normalized spacial score (nSPS) is 19.0. The Kier molecular flexibility index (Phi) is 12.9. The van der Waals surface area contributed by atoms with Crippen LogP contribution < -0.4 is 27.6 Å². The Balaban J connectivity index is 0.000000350. The van der Waals surface area contributed by atoms with Gasteiger partial charge in [0.2, 0.25) is 5.91 Å². The number of amides is 3. The number of carbonyl (C=O) groups excluding carboxylic acids is 2. The molecule has 1 radical (unpaired) electrons. The number of nitrogens with two attached hydrogens (primary N) is 3. The van der Waals surface area contributed by atoms with Crippen LogP contribution >= 0.6 is 0 Å². The molecular formula is C24H39N8O3Y-. The Labute approximate surface area is 238 Å². The van der Waals surface area contributed by atoms with Gasteiger partial charge in [0.25, 0.3) is 0 Å². The Morgan fingerprint density at radius 3 is 2.36 bits per heavy atom. The summed E-state index contributed by atoms with van der Waals surface area (Å²) in [6, 6.07) is 7.69. The molecule has 1 aromatic carbocycles. The summed E-state index contributed by atoms with van der Waals surface area (Å²) in [5.74, 6) is 0.0369. The van der Waals surface area contributed by atoms with E-state index >= 15 is 0 Å². The van der Waals surface area contributed by atoms with Crippen molar-refractivity contribution >= 4 is 17.6 Å². The standard InChI is InChI=1S/C18H27N5O2.C6H12N3O.Y/c19-15-10-18(11-15)12-22(13-18)9-6-14-2-4-16(5-3-14)23(17(20)24)8-1-7-21-25;7-5-6(10)9-3-1-8-2-4-9;/h1-5,8,15,21,25H,6-7,9-13,19H2,(H2,20,24);1-5,7H2;/q;-1;/b8-1-;;. The zero-order chi connectivity index (χ0) is 25.3. The Hall–Kier alpha value is -1.44. The molecule has 0 bridgehead atoms. The molecule has 11 nitrogen and oxygen atoms in total. The quantitative estimate of drug-likeness (QED) is 0.275. The SMILES string of the molecule is NC(=O)N(/C=C\CNO)c1ccc(CCN2CC3(CC(N)C3)C2)cc1.NCC(=O)N1CC[N-]CC1.[Y]. The topological polar surface area (TPSA) is 168 Å². The molecule has 12 heteroatoms. The van der Waals surface area contributed by atoms with Crippen molar-refractivity contribution in [3.05, 3.63) is 47.4 Å². The van der Waals surface area contributed by atoms with E-state index in [1.807, 2.05) is 29.7 Å². The van der Waals surface area contributed by atoms with Crippen molar-refractivity contribution in [2.24, 2.45) is 22.6 Å². The molecule has 0 unspecified atom stereocenters. The van der Waals surface area contributed by atoms with Gasteiger partial charge >= 0.3 is 6.03 Å². The molecule has 2 heterocycles. The number of likely N-dealkylation sites (tertiary alicyclic amines) is 1. The summed E-state index contributed by atoms with van der Waals surface area (Å²) in [6.07, 6.45) is 6.51. The number of nitrogens with one attached hydrogen (secondary N) is 1. The molecule has 1 spiro atoms. The van der Waals surface area contributed by atoms with Gasteiger partial charge in [-0.05, 0) is 42.4 Å². The first-order valence-corrected chi connectivity index (χ1v) is 12.2. The number of anilines is 1. The van der Waals surface area contributed by atoms with Gasteiger partial charge in [-0.15, -0.1) is 13.1 Å². The fraction of sp³-hybridized carbons (Fsp3) is 0.583. The maximum Gasteiger partial charge on any atom is 0.323 e. The third-order valence-electron chi connectivity index (χ3n) is 6.72. The van der Waals surface area contributed by atoms with Crippen LogP contribution in [0.4, 0.5) is 10.5 Å². The molecule has 1 aromatic rings. The van der Waals surface area contributed by atoms with Crippen LogP contribution in [0.2, 0.25) is 0 Å². The number of primary amides is 1. The Morgan fingerprint density at radius 2 is 1.83 bits per heavy atom. The van der Waals surface area contributed by atoms with Crippen molar-refractivity contribution in [2.75, 3.05) is 63.8 Å². The fourth-order valence-electron chi connectivity index (χ4n) is 4.96. The minimum Gasteiger partial charge on any atom is -0.659 e. The first-order valence-electron chi connectivity index (χ1n) is 12.2. The van der Waals surface area contributed by atoms with E-state index in [1.165, 1.54) is 36.4 Å². The number of carbonyl (C=O) groups is 2. The summed E-state index contributed by atoms with van der Waals surface area (Å²) in [6.45, 7) is 6.81. The molecule has 2 saturated heterocycles. The molecule has 8 N–H and O–H groups in total. The first kappa shape index (κ1) is 30.8. The number of hydrogen-bond acceptors (Lipinski definition) is 7. The van der Waals surface area contributed by atoms with Crippen molar-refractivity contribution in [3.8, 4) is 0 Å². The number of rotatable bonds is 8. The summed E-state index contributed by atoms with van der Waals surface area (Å²) in [5, 5.41) is 12.7. The molecule has 4 rings (SSSR count). The van der Waals surface area contributed by atoms with Crippen LogP contribution in [0.15, 0.2) is 36.5 Å². The predicted molar refractivity (Wildman–Crippen MR) is 136 cm³/mol. The van der Waals surface area contributed by atoms with Crippen molar-refractivity contribution < 1.29 is 47.5 Å². The molecular weight excluding hydrogens is 537 g/mol. The number of hydrogen-bond donors (Lipinski definition) is 5. The minimum atomic E-state index is -0.563. The predicted octanol–water partition coefficient (Wildman–Crippen LogP) is 0.188. The van der Waals surface area contributed by atoms with Gasteiger partial charge in [0.05, 0.1) is 12.2 Å². The smallest absolute Gasteiger partial charge is 0.323 e. The zero-order valence-corrected chi connectivity index (χ0v) is 23.7. The molecule has 1 saturated carbocycles. The maximum atomic E-state index is 11.6. The van der Waals surface area contributed by atoms with E-state index < -0.39 is 6.03 Å². The monoisotopic (exact) mass is 576 g/mol. The van der Waals surface area contributed by atoms with Crippen LogP contribution in [-0.4, -0.2) is 91.9 Å². The third-order valence-corrected chi connectivity index (χ3v) is 6.72. The second kappa shape index (κ2) is 15.1. The van der Waals surface area contributed by atoms with Gasteiger partial charge in [-0.25, -0.2) is 10.3 Å². The van der Waals surface area contributed by atoms with Crippen LogP contribution in [0.1, 0.15) is 18.4 Å². The van der Waals surface area contributed by atoms with E-state index in [2.05, 4.69) is 10.2 Å². The number of piperazine rings is 1. The number of urea groups is 1. The van der Waals surface area contributed by atoms with Gasteiger partial charge < -0.3 is 37.5 Å². The molecule has 3 amide bonds. The molecule has 2 aliphatic heterocycles. The van der Waals surface area contributed by atoms with Gasteiger partial charge in [0, 0.05) is 84.2 Å². The average Bonchev–Trinajstić information content (AvgIpc) is 2.83. The minimum absolute atomic E-state index is 0. The summed E-state index contributed by atoms with van der Waals surface area (Å²) < 4.78 is 0. The Morgan fingerprint density at radius 1 is 1.19 bits per heavy atom. The van der Waals surface area contributed by atoms with Crippen LogP contribution in [-0.2, 0) is 43.9 Å². The van der Waals surface area contributed by atoms with Crippen LogP contribution in [0.25, 0.3) is 5.32 Å². The van der Waals surface area contributed by atoms with Gasteiger partial charge in [0.1, 0.15) is 0 Å². The molecule has 1 aliphatic carbocycles. The summed E-state index contributed by atoms with van der Waals surface area (Å²) >= 11 is 0. The van der Waals surface area contributed by atoms with Gasteiger partial charge in [-0.1, -0.05) is 18.2 Å². The summed E-state index contributed by atoms with van der Waals surface area (Å²) in [5.41, 5.74) is 21.0. The van der Waals surface area contributed by atoms with Crippen molar-refractivity contribution in [1.82, 2.24) is 15.3 Å². The van der Waals surface area contributed by atoms with Crippen LogP contribution in [0, 0.1) is 5.41 Å². The molecule has 197 valence electrons.